The number of carbonyl (C=O) groups excluding carboxylic acids is 1. The maximum absolute atomic E-state index is 13.4. The van der Waals surface area contributed by atoms with Crippen LogP contribution < -0.4 is 9.62 Å². The molecule has 0 spiro atoms. The quantitative estimate of drug-likeness (QED) is 0.516. The third kappa shape index (κ3) is 3.91. The van der Waals surface area contributed by atoms with Crippen LogP contribution in [0.3, 0.4) is 0 Å². The number of fused-ring (bicyclic) bond motifs is 1. The van der Waals surface area contributed by atoms with Crippen molar-refractivity contribution in [3.8, 4) is 0 Å². The molecular weight excluding hydrogens is 464 g/mol. The minimum atomic E-state index is -4.04. The fourth-order valence-electron chi connectivity index (χ4n) is 3.36. The van der Waals surface area contributed by atoms with Gasteiger partial charge in [-0.25, -0.2) is 8.42 Å². The van der Waals surface area contributed by atoms with Gasteiger partial charge in [0.15, 0.2) is 4.91 Å². The highest BCUT2D eigenvalue weighted by molar-refractivity contribution is 9.10. The van der Waals surface area contributed by atoms with E-state index in [0.29, 0.717) is 16.9 Å². The van der Waals surface area contributed by atoms with E-state index in [1.54, 1.807) is 36.4 Å². The highest BCUT2D eigenvalue weighted by Crippen LogP contribution is 2.36. The molecule has 3 aromatic rings. The number of hydrogen-bond donors (Lipinski definition) is 1. The van der Waals surface area contributed by atoms with Crippen molar-refractivity contribution >= 4 is 43.1 Å². The molecule has 0 aliphatic carbocycles. The number of rotatable bonds is 4. The van der Waals surface area contributed by atoms with Gasteiger partial charge in [-0.05, 0) is 48.9 Å². The van der Waals surface area contributed by atoms with Crippen LogP contribution in [-0.2, 0) is 16.6 Å². The number of carbonyl (C=O) groups is 1. The molecule has 152 valence electrons. The van der Waals surface area contributed by atoms with E-state index in [2.05, 4.69) is 21.2 Å². The van der Waals surface area contributed by atoms with Gasteiger partial charge in [0, 0.05) is 21.9 Å². The second-order valence-electron chi connectivity index (χ2n) is 7.01. The molecule has 0 bridgehead atoms. The monoisotopic (exact) mass is 482 g/mol. The van der Waals surface area contributed by atoms with E-state index >= 15 is 0 Å². The Morgan fingerprint density at radius 2 is 1.73 bits per heavy atom. The first-order valence-electron chi connectivity index (χ1n) is 9.30. The predicted octanol–water partition coefficient (Wildman–Crippen LogP) is 5.24. The van der Waals surface area contributed by atoms with Crippen molar-refractivity contribution in [2.75, 3.05) is 9.62 Å². The van der Waals surface area contributed by atoms with Crippen LogP contribution in [0.2, 0.25) is 0 Å². The van der Waals surface area contributed by atoms with E-state index in [9.17, 15) is 13.2 Å². The Morgan fingerprint density at radius 1 is 1.00 bits per heavy atom. The number of sulfonamides is 1. The fourth-order valence-corrected chi connectivity index (χ4v) is 5.15. The summed E-state index contributed by atoms with van der Waals surface area (Å²) in [6, 6.07) is 21.7. The summed E-state index contributed by atoms with van der Waals surface area (Å²) in [5.74, 6) is -0.518. The van der Waals surface area contributed by atoms with Crippen LogP contribution >= 0.6 is 15.9 Å². The normalized spacial score (nSPS) is 16.4. The number of allylic oxidation sites excluding steroid dienone is 1. The van der Waals surface area contributed by atoms with Gasteiger partial charge in [0.1, 0.15) is 0 Å². The lowest BCUT2D eigenvalue weighted by Crippen LogP contribution is -2.39. The number of nitrogens with one attached hydrogen (secondary N) is 1. The van der Waals surface area contributed by atoms with Gasteiger partial charge in [0.05, 0.1) is 12.2 Å². The Hall–Kier alpha value is -2.90. The minimum Gasteiger partial charge on any atom is -0.360 e. The Kier molecular flexibility index (Phi) is 5.49. The molecule has 0 saturated heterocycles. The molecule has 1 aliphatic heterocycles. The van der Waals surface area contributed by atoms with Crippen LogP contribution in [-0.4, -0.2) is 14.2 Å². The number of benzene rings is 3. The Labute approximate surface area is 184 Å². The van der Waals surface area contributed by atoms with Gasteiger partial charge in [0.25, 0.3) is 10.0 Å². The first-order chi connectivity index (χ1) is 14.4. The number of hydrogen-bond acceptors (Lipinski definition) is 4. The molecule has 0 atom stereocenters. The van der Waals surface area contributed by atoms with Crippen molar-refractivity contribution in [2.45, 2.75) is 13.5 Å². The molecular formula is C23H19BrN2O3S. The number of aryl methyl sites for hydroxylation is 1. The van der Waals surface area contributed by atoms with Gasteiger partial charge >= 0.3 is 0 Å². The molecule has 30 heavy (non-hydrogen) atoms. The first-order valence-corrected chi connectivity index (χ1v) is 11.5. The largest absolute Gasteiger partial charge is 0.360 e. The molecule has 0 unspecified atom stereocenters. The van der Waals surface area contributed by atoms with E-state index in [1.807, 2.05) is 43.3 Å². The summed E-state index contributed by atoms with van der Waals surface area (Å²) >= 11 is 3.36. The van der Waals surface area contributed by atoms with Gasteiger partial charge < -0.3 is 5.32 Å². The topological polar surface area (TPSA) is 66.5 Å². The maximum atomic E-state index is 13.4. The Balaban J connectivity index is 1.77. The number of anilines is 2. The van der Waals surface area contributed by atoms with E-state index in [-0.39, 0.29) is 11.4 Å². The van der Waals surface area contributed by atoms with E-state index in [0.717, 1.165) is 15.6 Å². The first kappa shape index (κ1) is 20.4. The van der Waals surface area contributed by atoms with E-state index < -0.39 is 15.8 Å². The molecule has 4 rings (SSSR count). The molecule has 1 aliphatic rings. The zero-order valence-electron chi connectivity index (χ0n) is 16.2. The SMILES string of the molecule is Cc1cccc(CN2c3ccccc3C(=O)/C(=C\Nc3ccc(Br)cc3)S2(=O)=O)c1. The van der Waals surface area contributed by atoms with Crippen LogP contribution in [0.25, 0.3) is 0 Å². The van der Waals surface area contributed by atoms with Gasteiger partial charge in [-0.15, -0.1) is 0 Å². The maximum Gasteiger partial charge on any atom is 0.270 e. The van der Waals surface area contributed by atoms with Gasteiger partial charge in [-0.2, -0.15) is 0 Å². The lowest BCUT2D eigenvalue weighted by atomic mass is 10.1. The van der Waals surface area contributed by atoms with Gasteiger partial charge in [-0.1, -0.05) is 57.9 Å². The summed E-state index contributed by atoms with van der Waals surface area (Å²) in [7, 11) is -4.04. The van der Waals surface area contributed by atoms with Crippen molar-refractivity contribution in [1.29, 1.82) is 0 Å². The fraction of sp³-hybridized carbons (Fsp3) is 0.0870. The van der Waals surface area contributed by atoms with E-state index in [1.165, 1.54) is 10.5 Å². The van der Waals surface area contributed by atoms with Crippen molar-refractivity contribution < 1.29 is 13.2 Å². The molecule has 1 N–H and O–H groups in total. The molecule has 0 radical (unpaired) electrons. The molecule has 3 aromatic carbocycles. The summed E-state index contributed by atoms with van der Waals surface area (Å²) in [5, 5.41) is 2.94. The molecule has 0 saturated carbocycles. The Bertz CT molecular complexity index is 1250. The number of Topliss-reactive ketones (excluding diaryl/α,β-unsaturated/α-hetero) is 1. The zero-order valence-corrected chi connectivity index (χ0v) is 18.6. The zero-order chi connectivity index (χ0) is 21.3. The number of ketones is 1. The molecule has 7 heteroatoms. The molecule has 5 nitrogen and oxygen atoms in total. The Morgan fingerprint density at radius 3 is 2.47 bits per heavy atom. The lowest BCUT2D eigenvalue weighted by molar-refractivity contribution is 0.104. The van der Waals surface area contributed by atoms with Crippen molar-refractivity contribution in [2.24, 2.45) is 0 Å². The number of nitrogens with zero attached hydrogens (tertiary/aromatic N) is 1. The minimum absolute atomic E-state index is 0.143. The van der Waals surface area contributed by atoms with Crippen LogP contribution in [0, 0.1) is 6.92 Å². The number of para-hydroxylation sites is 1. The van der Waals surface area contributed by atoms with Crippen LogP contribution in [0.1, 0.15) is 21.5 Å². The molecule has 0 aromatic heterocycles. The van der Waals surface area contributed by atoms with Gasteiger partial charge in [0.2, 0.25) is 5.78 Å². The van der Waals surface area contributed by atoms with Crippen molar-refractivity contribution in [3.05, 3.63) is 105 Å². The van der Waals surface area contributed by atoms with Crippen LogP contribution in [0.5, 0.6) is 0 Å². The van der Waals surface area contributed by atoms with Crippen LogP contribution in [0.15, 0.2) is 88.4 Å². The van der Waals surface area contributed by atoms with Crippen molar-refractivity contribution in [3.63, 3.8) is 0 Å². The third-order valence-electron chi connectivity index (χ3n) is 4.83. The highest BCUT2D eigenvalue weighted by atomic mass is 79.9. The molecule has 0 amide bonds. The average molecular weight is 483 g/mol. The summed E-state index contributed by atoms with van der Waals surface area (Å²) < 4.78 is 29.1. The van der Waals surface area contributed by atoms with Gasteiger partial charge in [-0.3, -0.25) is 9.10 Å². The summed E-state index contributed by atoms with van der Waals surface area (Å²) in [6.45, 7) is 2.10. The summed E-state index contributed by atoms with van der Waals surface area (Å²) in [6.07, 6.45) is 1.28. The predicted molar refractivity (Wildman–Crippen MR) is 123 cm³/mol. The lowest BCUT2D eigenvalue weighted by Gasteiger charge is -2.31. The smallest absolute Gasteiger partial charge is 0.270 e. The summed E-state index contributed by atoms with van der Waals surface area (Å²) in [4.78, 5) is 12.8. The van der Waals surface area contributed by atoms with Crippen LogP contribution in [0.4, 0.5) is 11.4 Å². The summed E-state index contributed by atoms with van der Waals surface area (Å²) in [5.41, 5.74) is 3.33. The molecule has 1 heterocycles. The standard InChI is InChI=1S/C23H19BrN2O3S/c1-16-5-4-6-17(13-16)15-26-21-8-3-2-7-20(21)23(27)22(30(26,28)29)14-25-19-11-9-18(24)10-12-19/h2-14,25H,15H2,1H3/b22-14+. The second kappa shape index (κ2) is 8.08. The second-order valence-corrected chi connectivity index (χ2v) is 9.75. The van der Waals surface area contributed by atoms with Crippen molar-refractivity contribution in [1.82, 2.24) is 0 Å². The highest BCUT2D eigenvalue weighted by Gasteiger charge is 2.40. The van der Waals surface area contributed by atoms with E-state index in [4.69, 9.17) is 0 Å². The third-order valence-corrected chi connectivity index (χ3v) is 7.13. The molecule has 0 fully saturated rings. The number of halogens is 1. The average Bonchev–Trinajstić information content (AvgIpc) is 2.72.